The Labute approximate surface area is 158 Å². The van der Waals surface area contributed by atoms with Crippen LogP contribution >= 0.6 is 0 Å². The predicted octanol–water partition coefficient (Wildman–Crippen LogP) is 2.14. The number of fused-ring (bicyclic) bond motifs is 1. The first-order valence-electron chi connectivity index (χ1n) is 8.94. The van der Waals surface area contributed by atoms with Crippen LogP contribution in [0.3, 0.4) is 0 Å². The van der Waals surface area contributed by atoms with Gasteiger partial charge in [-0.2, -0.15) is 9.29 Å². The van der Waals surface area contributed by atoms with Crippen molar-refractivity contribution >= 4 is 10.0 Å². The number of methoxy groups -OCH3 is 2. The average Bonchev–Trinajstić information content (AvgIpc) is 3.34. The Kier molecular flexibility index (Phi) is 4.38. The first kappa shape index (κ1) is 18.2. The molecule has 1 aromatic heterocycles. The summed E-state index contributed by atoms with van der Waals surface area (Å²) in [6.07, 6.45) is 2.88. The van der Waals surface area contributed by atoms with Gasteiger partial charge >= 0.3 is 0 Å². The summed E-state index contributed by atoms with van der Waals surface area (Å²) in [4.78, 5) is 4.62. The molecule has 9 heteroatoms. The lowest BCUT2D eigenvalue weighted by Gasteiger charge is -2.24. The Bertz CT molecular complexity index is 958. The Balaban J connectivity index is 1.68. The Morgan fingerprint density at radius 2 is 2.04 bits per heavy atom. The van der Waals surface area contributed by atoms with Gasteiger partial charge in [-0.15, -0.1) is 0 Å². The predicted molar refractivity (Wildman–Crippen MR) is 96.4 cm³/mol. The van der Waals surface area contributed by atoms with E-state index in [0.717, 1.165) is 19.3 Å². The highest BCUT2D eigenvalue weighted by molar-refractivity contribution is 7.89. The van der Waals surface area contributed by atoms with Crippen LogP contribution in [0.25, 0.3) is 0 Å². The van der Waals surface area contributed by atoms with E-state index >= 15 is 0 Å². The fourth-order valence-electron chi connectivity index (χ4n) is 4.42. The molecule has 0 amide bonds. The molecular formula is C18H23N3O5S. The number of aromatic nitrogens is 2. The normalized spacial score (nSPS) is 25.5. The van der Waals surface area contributed by atoms with Gasteiger partial charge in [0.1, 0.15) is 0 Å². The third kappa shape index (κ3) is 2.80. The van der Waals surface area contributed by atoms with Crippen LogP contribution in [0.2, 0.25) is 0 Å². The molecule has 2 heterocycles. The highest BCUT2D eigenvalue weighted by atomic mass is 32.2. The fraction of sp³-hybridized carbons (Fsp3) is 0.556. The van der Waals surface area contributed by atoms with Gasteiger partial charge < -0.3 is 14.0 Å². The molecular weight excluding hydrogens is 370 g/mol. The molecule has 1 aromatic carbocycles. The number of aryl methyl sites for hydroxylation is 1. The molecule has 8 nitrogen and oxygen atoms in total. The van der Waals surface area contributed by atoms with E-state index in [1.165, 1.54) is 20.3 Å². The van der Waals surface area contributed by atoms with Crippen LogP contribution in [0.15, 0.2) is 27.6 Å². The minimum absolute atomic E-state index is 0.194. The van der Waals surface area contributed by atoms with Crippen molar-refractivity contribution in [1.29, 1.82) is 0 Å². The topological polar surface area (TPSA) is 94.8 Å². The van der Waals surface area contributed by atoms with E-state index in [4.69, 9.17) is 14.0 Å². The molecule has 2 atom stereocenters. The maximum Gasteiger partial charge on any atom is 0.243 e. The van der Waals surface area contributed by atoms with Gasteiger partial charge in [0, 0.05) is 26.1 Å². The molecule has 0 spiro atoms. The number of benzene rings is 1. The monoisotopic (exact) mass is 393 g/mol. The first-order chi connectivity index (χ1) is 12.9. The van der Waals surface area contributed by atoms with Crippen molar-refractivity contribution in [2.45, 2.75) is 36.5 Å². The summed E-state index contributed by atoms with van der Waals surface area (Å²) in [5, 5.41) is 4.13. The molecule has 0 unspecified atom stereocenters. The van der Waals surface area contributed by atoms with Gasteiger partial charge in [-0.3, -0.25) is 0 Å². The minimum atomic E-state index is -3.67. The summed E-state index contributed by atoms with van der Waals surface area (Å²) in [5.74, 6) is 2.22. The number of sulfonamides is 1. The largest absolute Gasteiger partial charge is 0.493 e. The molecule has 4 rings (SSSR count). The molecule has 2 fully saturated rings. The molecule has 0 radical (unpaired) electrons. The van der Waals surface area contributed by atoms with Gasteiger partial charge in [0.05, 0.1) is 24.5 Å². The van der Waals surface area contributed by atoms with Crippen molar-refractivity contribution in [2.75, 3.05) is 27.3 Å². The Morgan fingerprint density at radius 1 is 1.26 bits per heavy atom. The average molecular weight is 393 g/mol. The van der Waals surface area contributed by atoms with Crippen LogP contribution in [0.5, 0.6) is 11.5 Å². The smallest absolute Gasteiger partial charge is 0.243 e. The van der Waals surface area contributed by atoms with Gasteiger partial charge in [-0.25, -0.2) is 8.42 Å². The van der Waals surface area contributed by atoms with E-state index in [1.54, 1.807) is 23.4 Å². The highest BCUT2D eigenvalue weighted by Gasteiger charge is 2.56. The second kappa shape index (κ2) is 6.49. The van der Waals surface area contributed by atoms with Gasteiger partial charge in [-0.05, 0) is 30.9 Å². The molecule has 1 saturated heterocycles. The van der Waals surface area contributed by atoms with Gasteiger partial charge in [-0.1, -0.05) is 11.6 Å². The third-order valence-corrected chi connectivity index (χ3v) is 7.61. The summed E-state index contributed by atoms with van der Waals surface area (Å²) in [7, 11) is -0.660. The summed E-state index contributed by atoms with van der Waals surface area (Å²) in [5.41, 5.74) is -0.360. The number of rotatable bonds is 5. The van der Waals surface area contributed by atoms with E-state index in [9.17, 15) is 8.42 Å². The summed E-state index contributed by atoms with van der Waals surface area (Å²) >= 11 is 0. The van der Waals surface area contributed by atoms with Crippen LogP contribution in [0.1, 0.15) is 31.0 Å². The lowest BCUT2D eigenvalue weighted by atomic mass is 9.80. The SMILES string of the molecule is COc1ccc(S(=O)(=O)N2C[C@H]3CCC[C@@]3(c3noc(C)n3)C2)cc1OC. The summed E-state index contributed by atoms with van der Waals surface area (Å²) in [6.45, 7) is 2.59. The molecule has 1 saturated carbocycles. The van der Waals surface area contributed by atoms with E-state index < -0.39 is 10.0 Å². The van der Waals surface area contributed by atoms with Crippen molar-refractivity contribution in [2.24, 2.45) is 5.92 Å². The quantitative estimate of drug-likeness (QED) is 0.768. The van der Waals surface area contributed by atoms with Crippen molar-refractivity contribution in [3.8, 4) is 11.5 Å². The van der Waals surface area contributed by atoms with Crippen LogP contribution in [-0.2, 0) is 15.4 Å². The highest BCUT2D eigenvalue weighted by Crippen LogP contribution is 2.50. The van der Waals surface area contributed by atoms with E-state index in [1.807, 2.05) is 0 Å². The van der Waals surface area contributed by atoms with Crippen LogP contribution < -0.4 is 9.47 Å². The molecule has 1 aliphatic heterocycles. The molecule has 0 N–H and O–H groups in total. The number of nitrogens with zero attached hydrogens (tertiary/aromatic N) is 3. The number of ether oxygens (including phenoxy) is 2. The van der Waals surface area contributed by atoms with E-state index in [0.29, 0.717) is 36.3 Å². The molecule has 2 aliphatic rings. The second-order valence-electron chi connectivity index (χ2n) is 7.20. The van der Waals surface area contributed by atoms with Gasteiger partial charge in [0.15, 0.2) is 17.3 Å². The van der Waals surface area contributed by atoms with E-state index in [-0.39, 0.29) is 16.2 Å². The van der Waals surface area contributed by atoms with Crippen LogP contribution in [0, 0.1) is 12.8 Å². The van der Waals surface area contributed by atoms with Gasteiger partial charge in [0.2, 0.25) is 15.9 Å². The standard InChI is InChI=1S/C18H23N3O5S/c1-12-19-17(20-26-12)18-8-4-5-13(18)10-21(11-18)27(22,23)14-6-7-15(24-2)16(9-14)25-3/h6-7,9,13H,4-5,8,10-11H2,1-3H3/t13-,18-/m1/s1. The first-order valence-corrected chi connectivity index (χ1v) is 10.4. The Morgan fingerprint density at radius 3 is 2.70 bits per heavy atom. The zero-order valence-electron chi connectivity index (χ0n) is 15.6. The lowest BCUT2D eigenvalue weighted by molar-refractivity contribution is 0.332. The van der Waals surface area contributed by atoms with Gasteiger partial charge in [0.25, 0.3) is 0 Å². The number of hydrogen-bond acceptors (Lipinski definition) is 7. The summed E-state index contributed by atoms with van der Waals surface area (Å²) < 4.78 is 43.7. The van der Waals surface area contributed by atoms with Crippen molar-refractivity contribution in [1.82, 2.24) is 14.4 Å². The lowest BCUT2D eigenvalue weighted by Crippen LogP contribution is -2.35. The maximum absolute atomic E-state index is 13.3. The van der Waals surface area contributed by atoms with Crippen molar-refractivity contribution < 1.29 is 22.4 Å². The third-order valence-electron chi connectivity index (χ3n) is 5.81. The van der Waals surface area contributed by atoms with Crippen LogP contribution in [0.4, 0.5) is 0 Å². The second-order valence-corrected chi connectivity index (χ2v) is 9.13. The molecule has 0 bridgehead atoms. The molecule has 1 aliphatic carbocycles. The zero-order chi connectivity index (χ0) is 19.2. The fourth-order valence-corrected chi connectivity index (χ4v) is 5.99. The summed E-state index contributed by atoms with van der Waals surface area (Å²) in [6, 6.07) is 4.67. The van der Waals surface area contributed by atoms with Crippen LogP contribution in [-0.4, -0.2) is 50.2 Å². The van der Waals surface area contributed by atoms with Crippen molar-refractivity contribution in [3.05, 3.63) is 29.9 Å². The molecule has 27 heavy (non-hydrogen) atoms. The number of hydrogen-bond donors (Lipinski definition) is 0. The van der Waals surface area contributed by atoms with E-state index in [2.05, 4.69) is 10.1 Å². The van der Waals surface area contributed by atoms with Crippen molar-refractivity contribution in [3.63, 3.8) is 0 Å². The molecule has 146 valence electrons. The molecule has 2 aromatic rings. The Hall–Kier alpha value is -2.13. The minimum Gasteiger partial charge on any atom is -0.493 e. The maximum atomic E-state index is 13.3. The zero-order valence-corrected chi connectivity index (χ0v) is 16.5.